The maximum atomic E-state index is 14.8. The van der Waals surface area contributed by atoms with E-state index in [0.717, 1.165) is 6.07 Å². The molecule has 32 heavy (non-hydrogen) atoms. The second-order valence-corrected chi connectivity index (χ2v) is 8.32. The van der Waals surface area contributed by atoms with E-state index in [1.54, 1.807) is 0 Å². The van der Waals surface area contributed by atoms with Crippen molar-refractivity contribution in [3.05, 3.63) is 47.4 Å². The molecule has 0 spiro atoms. The number of amidine groups is 1. The number of nitrogens with two attached hydrogens (primary N) is 1. The van der Waals surface area contributed by atoms with Gasteiger partial charge in [0.15, 0.2) is 5.69 Å². The van der Waals surface area contributed by atoms with Crippen LogP contribution in [0.5, 0.6) is 5.88 Å². The highest BCUT2D eigenvalue weighted by Crippen LogP contribution is 2.32. The van der Waals surface area contributed by atoms with Gasteiger partial charge < -0.3 is 25.1 Å². The van der Waals surface area contributed by atoms with Gasteiger partial charge in [-0.25, -0.2) is 4.39 Å². The lowest BCUT2D eigenvalue weighted by Crippen LogP contribution is -2.34. The average Bonchev–Trinajstić information content (AvgIpc) is 3.29. The molecule has 1 aliphatic heterocycles. The number of carbonyl (C=O) groups excluding carboxylic acids is 1. The first-order valence-electron chi connectivity index (χ1n) is 9.70. The van der Waals surface area contributed by atoms with E-state index in [0.29, 0.717) is 19.6 Å². The fourth-order valence-corrected chi connectivity index (χ4v) is 3.98. The zero-order valence-corrected chi connectivity index (χ0v) is 18.4. The molecule has 2 aromatic rings. The summed E-state index contributed by atoms with van der Waals surface area (Å²) in [6.07, 6.45) is 0.646. The van der Waals surface area contributed by atoms with E-state index in [2.05, 4.69) is 20.5 Å². The zero-order chi connectivity index (χ0) is 23.3. The fraction of sp³-hybridized carbons (Fsp3) is 0.400. The average molecular weight is 464 g/mol. The lowest BCUT2D eigenvalue weighted by atomic mass is 9.93. The van der Waals surface area contributed by atoms with Gasteiger partial charge in [0.05, 0.1) is 19.3 Å². The van der Waals surface area contributed by atoms with Crippen molar-refractivity contribution in [2.45, 2.75) is 18.9 Å². The van der Waals surface area contributed by atoms with Crippen molar-refractivity contribution in [1.82, 2.24) is 10.2 Å². The van der Waals surface area contributed by atoms with Crippen LogP contribution in [-0.4, -0.2) is 56.8 Å². The number of amides is 1. The number of hydrogen-bond acceptors (Lipinski definition) is 8. The first-order chi connectivity index (χ1) is 15.2. The molecule has 172 valence electrons. The predicted octanol–water partition coefficient (Wildman–Crippen LogP) is 1.36. The second kappa shape index (κ2) is 10.1. The smallest absolute Gasteiger partial charge is 0.276 e. The zero-order valence-electron chi connectivity index (χ0n) is 17.5. The molecule has 10 nitrogen and oxygen atoms in total. The minimum atomic E-state index is -2.54. The Morgan fingerprint density at radius 2 is 2.22 bits per heavy atom. The van der Waals surface area contributed by atoms with Gasteiger partial charge in [0.2, 0.25) is 5.88 Å². The summed E-state index contributed by atoms with van der Waals surface area (Å²) in [6.45, 7) is 2.37. The van der Waals surface area contributed by atoms with Crippen LogP contribution < -0.4 is 15.8 Å². The van der Waals surface area contributed by atoms with Crippen LogP contribution >= 0.6 is 0 Å². The molecule has 1 unspecified atom stereocenters. The largest absolute Gasteiger partial charge is 0.772 e. The van der Waals surface area contributed by atoms with E-state index < -0.39 is 34.1 Å². The Kier molecular flexibility index (Phi) is 7.48. The maximum absolute atomic E-state index is 14.8. The SMILES string of the molecule is COc1ccc(C(=O)Nc2ccc(F)c([C@](C)(CS(=O)[O-])N=C(N)[C@@H]3CCOC3)c2)nn1. The lowest BCUT2D eigenvalue weighted by molar-refractivity contribution is 0.102. The van der Waals surface area contributed by atoms with Gasteiger partial charge in [-0.1, -0.05) is 11.1 Å². The third kappa shape index (κ3) is 5.64. The van der Waals surface area contributed by atoms with Crippen LogP contribution in [0, 0.1) is 11.7 Å². The summed E-state index contributed by atoms with van der Waals surface area (Å²) >= 11 is -2.54. The number of ether oxygens (including phenoxy) is 2. The second-order valence-electron chi connectivity index (χ2n) is 7.43. The molecule has 1 fully saturated rings. The van der Waals surface area contributed by atoms with E-state index >= 15 is 0 Å². The van der Waals surface area contributed by atoms with Crippen LogP contribution in [0.15, 0.2) is 35.3 Å². The number of nitrogens with zero attached hydrogens (tertiary/aromatic N) is 3. The number of hydrogen-bond donors (Lipinski definition) is 2. The summed E-state index contributed by atoms with van der Waals surface area (Å²) < 4.78 is 48.1. The quantitative estimate of drug-likeness (QED) is 0.337. The summed E-state index contributed by atoms with van der Waals surface area (Å²) in [7, 11) is 1.42. The summed E-state index contributed by atoms with van der Waals surface area (Å²) in [5, 5.41) is 10.1. The topological polar surface area (TPSA) is 152 Å². The van der Waals surface area contributed by atoms with E-state index in [1.807, 2.05) is 0 Å². The normalized spacial score (nSPS) is 19.2. The van der Waals surface area contributed by atoms with Gasteiger partial charge in [0.1, 0.15) is 11.7 Å². The van der Waals surface area contributed by atoms with E-state index in [9.17, 15) is 17.9 Å². The Bertz CT molecular complexity index is 1030. The molecule has 0 aliphatic carbocycles. The van der Waals surface area contributed by atoms with Gasteiger partial charge in [0.25, 0.3) is 5.91 Å². The van der Waals surface area contributed by atoms with Gasteiger partial charge in [0, 0.05) is 35.6 Å². The van der Waals surface area contributed by atoms with Crippen molar-refractivity contribution in [3.63, 3.8) is 0 Å². The molecule has 1 amide bonds. The van der Waals surface area contributed by atoms with E-state index in [4.69, 9.17) is 15.2 Å². The molecule has 1 saturated heterocycles. The van der Waals surface area contributed by atoms with Crippen LogP contribution in [-0.2, 0) is 21.4 Å². The Hall–Kier alpha value is -2.96. The molecule has 3 N–H and O–H groups in total. The summed E-state index contributed by atoms with van der Waals surface area (Å²) in [5.74, 6) is -1.50. The Labute approximate surface area is 186 Å². The van der Waals surface area contributed by atoms with E-state index in [-0.39, 0.29) is 34.6 Å². The molecule has 2 heterocycles. The van der Waals surface area contributed by atoms with Gasteiger partial charge >= 0.3 is 0 Å². The predicted molar refractivity (Wildman–Crippen MR) is 115 cm³/mol. The molecule has 3 atom stereocenters. The van der Waals surface area contributed by atoms with Crippen LogP contribution in [0.25, 0.3) is 0 Å². The highest BCUT2D eigenvalue weighted by atomic mass is 32.2. The number of benzene rings is 1. The van der Waals surface area contributed by atoms with Crippen LogP contribution in [0.4, 0.5) is 10.1 Å². The van der Waals surface area contributed by atoms with Crippen molar-refractivity contribution in [3.8, 4) is 5.88 Å². The van der Waals surface area contributed by atoms with E-state index in [1.165, 1.54) is 38.3 Å². The molecular formula is C20H23FN5O5S-. The van der Waals surface area contributed by atoms with Crippen molar-refractivity contribution in [2.24, 2.45) is 16.6 Å². The number of aliphatic imine (C=N–C) groups is 1. The number of halogens is 1. The highest BCUT2D eigenvalue weighted by molar-refractivity contribution is 7.79. The molecule has 0 saturated carbocycles. The van der Waals surface area contributed by atoms with Crippen molar-refractivity contribution in [2.75, 3.05) is 31.4 Å². The molecule has 1 aliphatic rings. The van der Waals surface area contributed by atoms with Crippen molar-refractivity contribution in [1.29, 1.82) is 0 Å². The molecule has 1 aromatic heterocycles. The third-order valence-corrected chi connectivity index (χ3v) is 5.81. The highest BCUT2D eigenvalue weighted by Gasteiger charge is 2.32. The molecule has 3 rings (SSSR count). The number of nitrogens with one attached hydrogen (secondary N) is 1. The molecular weight excluding hydrogens is 441 g/mol. The molecule has 1 aromatic carbocycles. The van der Waals surface area contributed by atoms with Crippen LogP contribution in [0.2, 0.25) is 0 Å². The maximum Gasteiger partial charge on any atom is 0.276 e. The number of carbonyl (C=O) groups is 1. The van der Waals surface area contributed by atoms with Gasteiger partial charge in [-0.15, -0.1) is 10.2 Å². The van der Waals surface area contributed by atoms with Crippen LogP contribution in [0.3, 0.4) is 0 Å². The molecule has 0 radical (unpaired) electrons. The molecule has 12 heteroatoms. The summed E-state index contributed by atoms with van der Waals surface area (Å²) in [5.41, 5.74) is 4.81. The van der Waals surface area contributed by atoms with Gasteiger partial charge in [-0.2, -0.15) is 0 Å². The summed E-state index contributed by atoms with van der Waals surface area (Å²) in [6, 6.07) is 6.70. The standard InChI is InChI=1S/C20H24FN5O5S/c1-20(11-32(28)29,24-18(22)12-7-8-31-10-12)14-9-13(3-4-15(14)21)23-19(27)16-5-6-17(30-2)26-25-16/h3-6,9,12H,7-8,10-11H2,1-2H3,(H2,22,24)(H,23,27)(H,28,29)/p-1/t12-,20+/m1/s1. The number of methoxy groups -OCH3 is 1. The third-order valence-electron chi connectivity index (χ3n) is 5.01. The minimum absolute atomic E-state index is 0.0172. The first-order valence-corrected chi connectivity index (χ1v) is 10.9. The number of aromatic nitrogens is 2. The lowest BCUT2D eigenvalue weighted by Gasteiger charge is -2.29. The molecule has 0 bridgehead atoms. The fourth-order valence-electron chi connectivity index (χ4n) is 3.30. The van der Waals surface area contributed by atoms with Gasteiger partial charge in [-0.05, 0) is 37.6 Å². The van der Waals surface area contributed by atoms with Crippen molar-refractivity contribution >= 4 is 28.5 Å². The summed E-state index contributed by atoms with van der Waals surface area (Å²) in [4.78, 5) is 16.9. The number of anilines is 1. The monoisotopic (exact) mass is 464 g/mol. The van der Waals surface area contributed by atoms with Crippen molar-refractivity contribution < 1.29 is 27.4 Å². The Balaban J connectivity index is 1.91. The Morgan fingerprint density at radius 1 is 1.44 bits per heavy atom. The van der Waals surface area contributed by atoms with Gasteiger partial charge in [-0.3, -0.25) is 14.0 Å². The van der Waals surface area contributed by atoms with Crippen LogP contribution in [0.1, 0.15) is 29.4 Å². The first kappa shape index (κ1) is 23.7. The Morgan fingerprint density at radius 3 is 2.81 bits per heavy atom. The number of rotatable bonds is 8. The minimum Gasteiger partial charge on any atom is -0.772 e.